The van der Waals surface area contributed by atoms with E-state index in [0.29, 0.717) is 6.54 Å². The second kappa shape index (κ2) is 10.9. The summed E-state index contributed by atoms with van der Waals surface area (Å²) in [5, 5.41) is 12.1. The molecule has 1 aromatic heterocycles. The maximum Gasteiger partial charge on any atom is 0.194 e. The van der Waals surface area contributed by atoms with Gasteiger partial charge in [0.15, 0.2) is 11.8 Å². The zero-order valence-corrected chi connectivity index (χ0v) is 20.6. The average Bonchev–Trinajstić information content (AvgIpc) is 3.26. The largest absolute Gasteiger partial charge is 0.350 e. The van der Waals surface area contributed by atoms with E-state index in [-0.39, 0.29) is 30.0 Å². The van der Waals surface area contributed by atoms with Gasteiger partial charge in [-0.1, -0.05) is 44.2 Å². The molecule has 2 aromatic rings. The van der Waals surface area contributed by atoms with Gasteiger partial charge in [-0.25, -0.2) is 4.99 Å². The number of nitrogens with one attached hydrogen (secondary N) is 1. The number of aliphatic imine (C=N–C) groups is 1. The quantitative estimate of drug-likeness (QED) is 0.358. The van der Waals surface area contributed by atoms with Gasteiger partial charge >= 0.3 is 0 Å². The maximum absolute atomic E-state index is 4.94. The molecule has 29 heavy (non-hydrogen) atoms. The highest BCUT2D eigenvalue weighted by Crippen LogP contribution is 2.24. The van der Waals surface area contributed by atoms with E-state index in [1.54, 1.807) is 0 Å². The van der Waals surface area contributed by atoms with E-state index in [9.17, 15) is 0 Å². The Kier molecular flexibility index (Phi) is 8.92. The van der Waals surface area contributed by atoms with Crippen molar-refractivity contribution in [2.75, 3.05) is 13.1 Å². The fourth-order valence-corrected chi connectivity index (χ4v) is 3.87. The van der Waals surface area contributed by atoms with Gasteiger partial charge in [0.1, 0.15) is 12.4 Å². The van der Waals surface area contributed by atoms with Crippen molar-refractivity contribution in [3.05, 3.63) is 47.5 Å². The molecule has 1 fully saturated rings. The van der Waals surface area contributed by atoms with E-state index in [0.717, 1.165) is 42.5 Å². The average molecular weight is 510 g/mol. The maximum atomic E-state index is 4.94. The third kappa shape index (κ3) is 6.42. The topological polar surface area (TPSA) is 58.3 Å². The van der Waals surface area contributed by atoms with Gasteiger partial charge in [-0.15, -0.1) is 34.2 Å². The lowest BCUT2D eigenvalue weighted by atomic mass is 9.97. The van der Waals surface area contributed by atoms with E-state index in [4.69, 9.17) is 4.99 Å². The Morgan fingerprint density at radius 1 is 1.21 bits per heavy atom. The zero-order valence-electron chi connectivity index (χ0n) is 18.3. The van der Waals surface area contributed by atoms with Gasteiger partial charge in [0, 0.05) is 20.1 Å². The molecule has 2 unspecified atom stereocenters. The number of benzene rings is 1. The van der Waals surface area contributed by atoms with Gasteiger partial charge in [-0.05, 0) is 44.1 Å². The van der Waals surface area contributed by atoms with Crippen molar-refractivity contribution in [2.24, 2.45) is 23.9 Å². The van der Waals surface area contributed by atoms with Crippen LogP contribution in [0.3, 0.4) is 0 Å². The summed E-state index contributed by atoms with van der Waals surface area (Å²) in [5.74, 6) is 4.26. The molecular weight excluding hydrogens is 475 g/mol. The Bertz CT molecular complexity index is 786. The van der Waals surface area contributed by atoms with Gasteiger partial charge in [-0.2, -0.15) is 0 Å². The van der Waals surface area contributed by atoms with Crippen LogP contribution in [-0.2, 0) is 13.6 Å². The molecular formula is C22H35IN6. The molecule has 0 bridgehead atoms. The summed E-state index contributed by atoms with van der Waals surface area (Å²) in [6.07, 6.45) is 2.52. The van der Waals surface area contributed by atoms with Crippen molar-refractivity contribution in [3.8, 4) is 0 Å². The lowest BCUT2D eigenvalue weighted by Crippen LogP contribution is -2.41. The molecule has 1 aromatic carbocycles. The van der Waals surface area contributed by atoms with Crippen LogP contribution < -0.4 is 5.32 Å². The first-order chi connectivity index (χ1) is 13.4. The summed E-state index contributed by atoms with van der Waals surface area (Å²) in [6.45, 7) is 11.4. The molecule has 1 saturated heterocycles. The Morgan fingerprint density at radius 3 is 2.55 bits per heavy atom. The van der Waals surface area contributed by atoms with Gasteiger partial charge in [0.05, 0.1) is 6.04 Å². The Balaban J connectivity index is 0.00000300. The minimum atomic E-state index is 0. The fourth-order valence-electron chi connectivity index (χ4n) is 3.87. The predicted octanol–water partition coefficient (Wildman–Crippen LogP) is 4.32. The Morgan fingerprint density at radius 2 is 1.93 bits per heavy atom. The second-order valence-electron chi connectivity index (χ2n) is 8.37. The van der Waals surface area contributed by atoms with Crippen LogP contribution in [0.25, 0.3) is 0 Å². The minimum Gasteiger partial charge on any atom is -0.350 e. The van der Waals surface area contributed by atoms with Crippen LogP contribution in [0, 0.1) is 18.8 Å². The summed E-state index contributed by atoms with van der Waals surface area (Å²) in [5.41, 5.74) is 1.27. The molecule has 0 saturated carbocycles. The van der Waals surface area contributed by atoms with Crippen LogP contribution in [0.5, 0.6) is 0 Å². The van der Waals surface area contributed by atoms with E-state index < -0.39 is 0 Å². The number of rotatable bonds is 6. The number of hydrogen-bond donors (Lipinski definition) is 1. The molecule has 0 spiro atoms. The highest BCUT2D eigenvalue weighted by atomic mass is 127. The normalized spacial score (nSPS) is 18.1. The van der Waals surface area contributed by atoms with Gasteiger partial charge in [0.25, 0.3) is 0 Å². The van der Waals surface area contributed by atoms with Crippen LogP contribution >= 0.6 is 24.0 Å². The van der Waals surface area contributed by atoms with E-state index in [1.807, 2.05) is 18.5 Å². The third-order valence-electron chi connectivity index (χ3n) is 5.59. The number of halogens is 1. The molecule has 6 nitrogen and oxygen atoms in total. The summed E-state index contributed by atoms with van der Waals surface area (Å²) >= 11 is 0. The lowest BCUT2D eigenvalue weighted by Gasteiger charge is -2.26. The number of nitrogens with zero attached hydrogens (tertiary/aromatic N) is 5. The van der Waals surface area contributed by atoms with Crippen LogP contribution in [-0.4, -0.2) is 38.7 Å². The van der Waals surface area contributed by atoms with Crippen LogP contribution in [0.4, 0.5) is 0 Å². The fraction of sp³-hybridized carbons (Fsp3) is 0.591. The summed E-state index contributed by atoms with van der Waals surface area (Å²) in [6, 6.07) is 10.7. The molecule has 0 amide bonds. The van der Waals surface area contributed by atoms with Crippen molar-refractivity contribution in [3.63, 3.8) is 0 Å². The van der Waals surface area contributed by atoms with Crippen LogP contribution in [0.15, 0.2) is 35.3 Å². The summed E-state index contributed by atoms with van der Waals surface area (Å²) in [7, 11) is 1.99. The van der Waals surface area contributed by atoms with E-state index in [1.165, 1.54) is 18.4 Å². The Labute approximate surface area is 192 Å². The number of hydrogen-bond acceptors (Lipinski definition) is 3. The highest BCUT2D eigenvalue weighted by molar-refractivity contribution is 14.0. The van der Waals surface area contributed by atoms with Gasteiger partial charge in [-0.3, -0.25) is 0 Å². The molecule has 0 aliphatic carbocycles. The highest BCUT2D eigenvalue weighted by Gasteiger charge is 2.26. The molecule has 1 aliphatic heterocycles. The SMILES string of the molecule is Cc1nnc(CN=C(NC(C)c2ccccc2)N2CCC(CC(C)C)C2)n1C.I. The lowest BCUT2D eigenvalue weighted by molar-refractivity contribution is 0.400. The monoisotopic (exact) mass is 510 g/mol. The molecule has 2 heterocycles. The Hall–Kier alpha value is -1.64. The summed E-state index contributed by atoms with van der Waals surface area (Å²) in [4.78, 5) is 7.35. The second-order valence-corrected chi connectivity index (χ2v) is 8.37. The molecule has 1 aliphatic rings. The predicted molar refractivity (Wildman–Crippen MR) is 129 cm³/mol. The van der Waals surface area contributed by atoms with Crippen molar-refractivity contribution >= 4 is 29.9 Å². The van der Waals surface area contributed by atoms with Crippen LogP contribution in [0.2, 0.25) is 0 Å². The first kappa shape index (κ1) is 23.6. The van der Waals surface area contributed by atoms with E-state index in [2.05, 4.69) is 71.5 Å². The molecule has 0 radical (unpaired) electrons. The number of aromatic nitrogens is 3. The number of likely N-dealkylation sites (tertiary alicyclic amines) is 1. The summed E-state index contributed by atoms with van der Waals surface area (Å²) < 4.78 is 2.01. The van der Waals surface area contributed by atoms with Gasteiger partial charge in [0.2, 0.25) is 0 Å². The first-order valence-corrected chi connectivity index (χ1v) is 10.4. The molecule has 1 N–H and O–H groups in total. The molecule has 2 atom stereocenters. The van der Waals surface area contributed by atoms with Crippen molar-refractivity contribution in [2.45, 2.75) is 53.1 Å². The van der Waals surface area contributed by atoms with Gasteiger partial charge < -0.3 is 14.8 Å². The number of guanidine groups is 1. The standard InChI is InChI=1S/C22H34N6.HI/c1-16(2)13-19-11-12-28(15-19)22(23-14-21-26-25-18(4)27(21)5)24-17(3)20-9-7-6-8-10-20;/h6-10,16-17,19H,11-15H2,1-5H3,(H,23,24);1H. The van der Waals surface area contributed by atoms with Crippen LogP contribution in [0.1, 0.15) is 56.9 Å². The number of aryl methyl sites for hydroxylation is 1. The molecule has 160 valence electrons. The molecule has 7 heteroatoms. The minimum absolute atomic E-state index is 0. The van der Waals surface area contributed by atoms with Crippen molar-refractivity contribution in [1.82, 2.24) is 25.0 Å². The van der Waals surface area contributed by atoms with E-state index >= 15 is 0 Å². The first-order valence-electron chi connectivity index (χ1n) is 10.4. The third-order valence-corrected chi connectivity index (χ3v) is 5.59. The molecule has 3 rings (SSSR count). The van der Waals surface area contributed by atoms with Crippen molar-refractivity contribution < 1.29 is 0 Å². The smallest absolute Gasteiger partial charge is 0.194 e. The van der Waals surface area contributed by atoms with Crippen molar-refractivity contribution in [1.29, 1.82) is 0 Å². The zero-order chi connectivity index (χ0) is 20.1.